The minimum absolute atomic E-state index is 0.349. The van der Waals surface area contributed by atoms with Gasteiger partial charge in [-0.1, -0.05) is 34.8 Å². The van der Waals surface area contributed by atoms with E-state index < -0.39 is 0 Å². The van der Waals surface area contributed by atoms with E-state index in [1.807, 2.05) is 0 Å². The Hall–Kier alpha value is -0.840. The van der Waals surface area contributed by atoms with E-state index in [-0.39, 0.29) is 0 Å². The van der Waals surface area contributed by atoms with Gasteiger partial charge in [0.2, 0.25) is 0 Å². The summed E-state index contributed by atoms with van der Waals surface area (Å²) in [5.74, 6) is 0.758. The number of halogens is 3. The highest BCUT2D eigenvalue weighted by Gasteiger charge is 2.08. The van der Waals surface area contributed by atoms with Gasteiger partial charge in [0.05, 0.1) is 16.6 Å². The van der Waals surface area contributed by atoms with Crippen molar-refractivity contribution < 1.29 is 4.74 Å². The summed E-state index contributed by atoms with van der Waals surface area (Å²) in [6.07, 6.45) is 0. The zero-order valence-corrected chi connectivity index (χ0v) is 11.4. The third kappa shape index (κ3) is 4.50. The molecule has 0 aliphatic heterocycles. The van der Waals surface area contributed by atoms with E-state index in [0.29, 0.717) is 39.9 Å². The maximum Gasteiger partial charge on any atom is 0.188 e. The molecule has 0 fully saturated rings. The summed E-state index contributed by atoms with van der Waals surface area (Å²) in [5, 5.41) is 4.06. The van der Waals surface area contributed by atoms with Crippen LogP contribution in [-0.2, 0) is 0 Å². The molecule has 17 heavy (non-hydrogen) atoms. The monoisotopic (exact) mass is 295 g/mol. The molecule has 1 aromatic carbocycles. The van der Waals surface area contributed by atoms with Crippen LogP contribution in [0.4, 0.5) is 0 Å². The minimum atomic E-state index is 0.349. The minimum Gasteiger partial charge on any atom is -0.489 e. The van der Waals surface area contributed by atoms with Crippen LogP contribution in [0.25, 0.3) is 0 Å². The average molecular weight is 297 g/mol. The molecule has 3 N–H and O–H groups in total. The van der Waals surface area contributed by atoms with E-state index in [4.69, 9.17) is 45.3 Å². The van der Waals surface area contributed by atoms with Crippen molar-refractivity contribution in [3.8, 4) is 5.75 Å². The number of rotatable bonds is 4. The van der Waals surface area contributed by atoms with Crippen LogP contribution < -0.4 is 15.8 Å². The van der Waals surface area contributed by atoms with Crippen molar-refractivity contribution in [2.75, 3.05) is 20.2 Å². The zero-order valence-electron chi connectivity index (χ0n) is 9.14. The average Bonchev–Trinajstić information content (AvgIpc) is 2.26. The molecule has 7 heteroatoms. The van der Waals surface area contributed by atoms with Crippen LogP contribution in [0.2, 0.25) is 15.1 Å². The number of benzene rings is 1. The lowest BCUT2D eigenvalue weighted by Crippen LogP contribution is -2.34. The largest absolute Gasteiger partial charge is 0.489 e. The SMILES string of the molecule is CN=C(N)NCCOc1c(Cl)cc(Cl)cc1Cl. The van der Waals surface area contributed by atoms with Crippen LogP contribution in [0.5, 0.6) is 5.75 Å². The molecule has 1 rings (SSSR count). The molecule has 0 bridgehead atoms. The molecule has 0 saturated carbocycles. The molecule has 0 atom stereocenters. The third-order valence-electron chi connectivity index (χ3n) is 1.86. The van der Waals surface area contributed by atoms with Gasteiger partial charge in [0.15, 0.2) is 11.7 Å². The number of aliphatic imine (C=N–C) groups is 1. The van der Waals surface area contributed by atoms with Gasteiger partial charge in [-0.25, -0.2) is 0 Å². The Labute approximate surface area is 115 Å². The number of hydrogen-bond acceptors (Lipinski definition) is 2. The fourth-order valence-corrected chi connectivity index (χ4v) is 2.00. The van der Waals surface area contributed by atoms with Crippen molar-refractivity contribution in [1.29, 1.82) is 0 Å². The second-order valence-corrected chi connectivity index (χ2v) is 4.33. The van der Waals surface area contributed by atoms with Crippen molar-refractivity contribution in [2.45, 2.75) is 0 Å². The second-order valence-electron chi connectivity index (χ2n) is 3.08. The summed E-state index contributed by atoms with van der Waals surface area (Å²) in [6, 6.07) is 3.14. The van der Waals surface area contributed by atoms with Gasteiger partial charge in [-0.2, -0.15) is 0 Å². The first-order valence-electron chi connectivity index (χ1n) is 4.78. The van der Waals surface area contributed by atoms with Gasteiger partial charge in [-0.15, -0.1) is 0 Å². The van der Waals surface area contributed by atoms with Crippen LogP contribution in [-0.4, -0.2) is 26.2 Å². The van der Waals surface area contributed by atoms with Gasteiger partial charge >= 0.3 is 0 Å². The Morgan fingerprint density at radius 2 is 1.94 bits per heavy atom. The molecular formula is C10H12Cl3N3O. The van der Waals surface area contributed by atoms with Crippen LogP contribution in [0.1, 0.15) is 0 Å². The molecule has 0 heterocycles. The predicted octanol–water partition coefficient (Wildman–Crippen LogP) is 2.56. The molecule has 0 radical (unpaired) electrons. The lowest BCUT2D eigenvalue weighted by atomic mass is 10.3. The van der Waals surface area contributed by atoms with Crippen molar-refractivity contribution in [3.05, 3.63) is 27.2 Å². The van der Waals surface area contributed by atoms with Gasteiger partial charge < -0.3 is 15.8 Å². The van der Waals surface area contributed by atoms with Crippen LogP contribution in [0.15, 0.2) is 17.1 Å². The van der Waals surface area contributed by atoms with Crippen molar-refractivity contribution in [2.24, 2.45) is 10.7 Å². The smallest absolute Gasteiger partial charge is 0.188 e. The van der Waals surface area contributed by atoms with Crippen molar-refractivity contribution >= 4 is 40.8 Å². The molecule has 0 aliphatic carbocycles. The Balaban J connectivity index is 2.52. The summed E-state index contributed by atoms with van der Waals surface area (Å²) >= 11 is 17.7. The molecule has 0 unspecified atom stereocenters. The van der Waals surface area contributed by atoms with Crippen LogP contribution in [0, 0.1) is 0 Å². The normalized spacial score (nSPS) is 11.4. The first-order valence-corrected chi connectivity index (χ1v) is 5.91. The lowest BCUT2D eigenvalue weighted by Gasteiger charge is -2.11. The summed E-state index contributed by atoms with van der Waals surface area (Å²) in [7, 11) is 1.59. The van der Waals surface area contributed by atoms with Gasteiger partial charge in [-0.05, 0) is 12.1 Å². The third-order valence-corrected chi connectivity index (χ3v) is 2.64. The van der Waals surface area contributed by atoms with E-state index in [2.05, 4.69) is 10.3 Å². The molecule has 0 spiro atoms. The van der Waals surface area contributed by atoms with Crippen molar-refractivity contribution in [1.82, 2.24) is 5.32 Å². The highest BCUT2D eigenvalue weighted by atomic mass is 35.5. The number of nitrogens with two attached hydrogens (primary N) is 1. The van der Waals surface area contributed by atoms with Gasteiger partial charge in [0.25, 0.3) is 0 Å². The molecule has 0 amide bonds. The van der Waals surface area contributed by atoms with E-state index in [9.17, 15) is 0 Å². The van der Waals surface area contributed by atoms with E-state index in [1.54, 1.807) is 19.2 Å². The first-order chi connectivity index (χ1) is 8.04. The highest BCUT2D eigenvalue weighted by molar-refractivity contribution is 6.40. The number of guanidine groups is 1. The Bertz CT molecular complexity index is 400. The summed E-state index contributed by atoms with van der Waals surface area (Å²) in [5.41, 5.74) is 5.45. The highest BCUT2D eigenvalue weighted by Crippen LogP contribution is 2.35. The Morgan fingerprint density at radius 1 is 1.35 bits per heavy atom. The van der Waals surface area contributed by atoms with Gasteiger partial charge in [0.1, 0.15) is 6.61 Å². The number of ether oxygens (including phenoxy) is 1. The first kappa shape index (κ1) is 14.2. The molecule has 94 valence electrons. The summed E-state index contributed by atoms with van der Waals surface area (Å²) < 4.78 is 5.42. The standard InChI is InChI=1S/C10H12Cl3N3O/c1-15-10(14)16-2-3-17-9-7(12)4-6(11)5-8(9)13/h4-5H,2-3H2,1H3,(H3,14,15,16). The second kappa shape index (κ2) is 6.79. The molecule has 0 aliphatic rings. The zero-order chi connectivity index (χ0) is 12.8. The molecule has 0 aromatic heterocycles. The van der Waals surface area contributed by atoms with E-state index in [1.165, 1.54) is 0 Å². The fourth-order valence-electron chi connectivity index (χ4n) is 1.08. The van der Waals surface area contributed by atoms with Crippen LogP contribution >= 0.6 is 34.8 Å². The fraction of sp³-hybridized carbons (Fsp3) is 0.300. The summed E-state index contributed by atoms with van der Waals surface area (Å²) in [6.45, 7) is 0.857. The predicted molar refractivity (Wildman–Crippen MR) is 72.5 cm³/mol. The maximum absolute atomic E-state index is 5.94. The van der Waals surface area contributed by atoms with E-state index >= 15 is 0 Å². The molecular weight excluding hydrogens is 284 g/mol. The number of nitrogens with one attached hydrogen (secondary N) is 1. The van der Waals surface area contributed by atoms with Crippen molar-refractivity contribution in [3.63, 3.8) is 0 Å². The van der Waals surface area contributed by atoms with Gasteiger partial charge in [-0.3, -0.25) is 4.99 Å². The quantitative estimate of drug-likeness (QED) is 0.510. The molecule has 0 saturated heterocycles. The molecule has 4 nitrogen and oxygen atoms in total. The summed E-state index contributed by atoms with van der Waals surface area (Å²) in [4.78, 5) is 3.74. The lowest BCUT2D eigenvalue weighted by molar-refractivity contribution is 0.322. The Morgan fingerprint density at radius 3 is 2.47 bits per heavy atom. The topological polar surface area (TPSA) is 59.6 Å². The Kier molecular flexibility index (Phi) is 5.68. The maximum atomic E-state index is 5.94. The van der Waals surface area contributed by atoms with E-state index in [0.717, 1.165) is 0 Å². The van der Waals surface area contributed by atoms with Gasteiger partial charge in [0, 0.05) is 12.1 Å². The molecule has 1 aromatic rings. The van der Waals surface area contributed by atoms with Crippen LogP contribution in [0.3, 0.4) is 0 Å². The number of hydrogen-bond donors (Lipinski definition) is 2. The number of nitrogens with zero attached hydrogens (tertiary/aromatic N) is 1.